The van der Waals surface area contributed by atoms with Gasteiger partial charge in [-0.05, 0) is 58.7 Å². The molecular formula is C32H25ClN2O5. The molecule has 1 aliphatic heterocycles. The van der Waals surface area contributed by atoms with Gasteiger partial charge in [-0.1, -0.05) is 72.3 Å². The van der Waals surface area contributed by atoms with Crippen LogP contribution < -0.4 is 19.7 Å². The molecule has 1 aliphatic rings. The average molecular weight is 553 g/mol. The number of nitrogens with zero attached hydrogens (tertiary/aromatic N) is 1. The number of rotatable bonds is 8. The molecule has 1 N–H and O–H groups in total. The highest BCUT2D eigenvalue weighted by Crippen LogP contribution is 2.36. The number of carbonyl (C=O) groups is 3. The first kappa shape index (κ1) is 26.7. The average Bonchev–Trinajstić information content (AvgIpc) is 2.95. The number of amides is 4. The zero-order chi connectivity index (χ0) is 28.2. The highest BCUT2D eigenvalue weighted by atomic mass is 35.5. The van der Waals surface area contributed by atoms with Gasteiger partial charge in [0.2, 0.25) is 0 Å². The Morgan fingerprint density at radius 2 is 1.70 bits per heavy atom. The quantitative estimate of drug-likeness (QED) is 0.154. The molecule has 7 nitrogen and oxygen atoms in total. The van der Waals surface area contributed by atoms with Crippen molar-refractivity contribution in [2.75, 3.05) is 12.0 Å². The highest BCUT2D eigenvalue weighted by Gasteiger charge is 2.37. The maximum absolute atomic E-state index is 13.3. The summed E-state index contributed by atoms with van der Waals surface area (Å²) in [6.45, 7) is 4.16. The zero-order valence-corrected chi connectivity index (χ0v) is 22.4. The summed E-state index contributed by atoms with van der Waals surface area (Å²) in [5.41, 5.74) is 2.23. The number of anilines is 1. The number of barbiturate groups is 1. The van der Waals surface area contributed by atoms with Gasteiger partial charge in [0.05, 0.1) is 17.8 Å². The van der Waals surface area contributed by atoms with Gasteiger partial charge in [0.1, 0.15) is 12.2 Å². The van der Waals surface area contributed by atoms with Crippen molar-refractivity contribution in [3.05, 3.63) is 119 Å². The van der Waals surface area contributed by atoms with Crippen LogP contribution in [0.15, 0.2) is 97.1 Å². The van der Waals surface area contributed by atoms with E-state index in [4.69, 9.17) is 21.1 Å². The maximum atomic E-state index is 13.3. The van der Waals surface area contributed by atoms with Gasteiger partial charge in [-0.3, -0.25) is 14.9 Å². The number of nitrogens with one attached hydrogen (secondary N) is 1. The third-order valence-electron chi connectivity index (χ3n) is 6.50. The molecule has 0 saturated carbocycles. The smallest absolute Gasteiger partial charge is 0.335 e. The summed E-state index contributed by atoms with van der Waals surface area (Å²) in [6, 6.07) is 23.1. The SMILES string of the molecule is C=CCc1cc(/C=C2\C(=O)NC(=O)N(c3ccccc3Cl)C2=O)cc(OC)c1OCc1cccc2ccccc12. The summed E-state index contributed by atoms with van der Waals surface area (Å²) in [5.74, 6) is -0.639. The number of urea groups is 1. The summed E-state index contributed by atoms with van der Waals surface area (Å²) < 4.78 is 11.9. The molecule has 200 valence electrons. The van der Waals surface area contributed by atoms with Crippen LogP contribution in [-0.4, -0.2) is 25.0 Å². The normalized spacial score (nSPS) is 14.4. The number of carbonyl (C=O) groups excluding carboxylic acids is 3. The van der Waals surface area contributed by atoms with Crippen molar-refractivity contribution in [3.8, 4) is 11.5 Å². The van der Waals surface area contributed by atoms with Gasteiger partial charge in [-0.15, -0.1) is 6.58 Å². The minimum atomic E-state index is -0.873. The summed E-state index contributed by atoms with van der Waals surface area (Å²) in [5, 5.41) is 4.62. The van der Waals surface area contributed by atoms with E-state index >= 15 is 0 Å². The van der Waals surface area contributed by atoms with Crippen LogP contribution in [-0.2, 0) is 22.6 Å². The van der Waals surface area contributed by atoms with E-state index in [9.17, 15) is 14.4 Å². The van der Waals surface area contributed by atoms with Crippen LogP contribution in [0, 0.1) is 0 Å². The monoisotopic (exact) mass is 552 g/mol. The standard InChI is InChI=1S/C32H25ClN2O5/c1-3-9-22-16-20(17-25-30(36)34-32(38)35(31(25)37)27-15-7-6-14-26(27)33)18-28(39-2)29(22)40-19-23-12-8-11-21-10-4-5-13-24(21)23/h3-8,10-18H,1,9,19H2,2H3,(H,34,36,38)/b25-17+. The molecule has 1 saturated heterocycles. The first-order valence-electron chi connectivity index (χ1n) is 12.5. The van der Waals surface area contributed by atoms with Crippen LogP contribution in [0.25, 0.3) is 16.8 Å². The molecule has 0 aromatic heterocycles. The van der Waals surface area contributed by atoms with Gasteiger partial charge >= 0.3 is 6.03 Å². The van der Waals surface area contributed by atoms with E-state index in [0.29, 0.717) is 30.1 Å². The molecule has 0 aliphatic carbocycles. The lowest BCUT2D eigenvalue weighted by Crippen LogP contribution is -2.54. The number of benzene rings is 4. The predicted octanol–water partition coefficient (Wildman–Crippen LogP) is 6.48. The van der Waals surface area contributed by atoms with Crippen molar-refractivity contribution in [2.45, 2.75) is 13.0 Å². The number of imide groups is 2. The Hall–Kier alpha value is -4.88. The molecule has 0 spiro atoms. The third-order valence-corrected chi connectivity index (χ3v) is 6.82. The van der Waals surface area contributed by atoms with Gasteiger partial charge in [0.15, 0.2) is 11.5 Å². The van der Waals surface area contributed by atoms with Crippen molar-refractivity contribution >= 4 is 52.0 Å². The van der Waals surface area contributed by atoms with Crippen LogP contribution in [0.4, 0.5) is 10.5 Å². The van der Waals surface area contributed by atoms with Gasteiger partial charge in [-0.2, -0.15) is 0 Å². The van der Waals surface area contributed by atoms with Crippen LogP contribution in [0.2, 0.25) is 5.02 Å². The van der Waals surface area contributed by atoms with E-state index in [2.05, 4.69) is 11.9 Å². The fraction of sp³-hybridized carbons (Fsp3) is 0.0938. The highest BCUT2D eigenvalue weighted by molar-refractivity contribution is 6.42. The predicted molar refractivity (Wildman–Crippen MR) is 156 cm³/mol. The van der Waals surface area contributed by atoms with Crippen molar-refractivity contribution in [2.24, 2.45) is 0 Å². The molecular weight excluding hydrogens is 528 g/mol. The summed E-state index contributed by atoms with van der Waals surface area (Å²) in [4.78, 5) is 39.5. The molecule has 1 heterocycles. The number of hydrogen-bond acceptors (Lipinski definition) is 5. The summed E-state index contributed by atoms with van der Waals surface area (Å²) >= 11 is 6.23. The number of fused-ring (bicyclic) bond motifs is 1. The van der Waals surface area contributed by atoms with Crippen LogP contribution in [0.5, 0.6) is 11.5 Å². The van der Waals surface area contributed by atoms with Crippen LogP contribution in [0.3, 0.4) is 0 Å². The fourth-order valence-electron chi connectivity index (χ4n) is 4.63. The van der Waals surface area contributed by atoms with Gasteiger partial charge in [-0.25, -0.2) is 9.69 Å². The largest absolute Gasteiger partial charge is 0.493 e. The summed E-state index contributed by atoms with van der Waals surface area (Å²) in [7, 11) is 1.52. The lowest BCUT2D eigenvalue weighted by atomic mass is 10.0. The molecule has 0 unspecified atom stereocenters. The molecule has 4 amide bonds. The van der Waals surface area contributed by atoms with E-state index in [1.807, 2.05) is 42.5 Å². The first-order valence-corrected chi connectivity index (χ1v) is 12.9. The molecule has 4 aromatic rings. The Morgan fingerprint density at radius 3 is 2.48 bits per heavy atom. The van der Waals surface area contributed by atoms with E-state index in [-0.39, 0.29) is 16.3 Å². The van der Waals surface area contributed by atoms with E-state index < -0.39 is 17.8 Å². The number of para-hydroxylation sites is 1. The van der Waals surface area contributed by atoms with Crippen molar-refractivity contribution in [1.29, 1.82) is 0 Å². The molecule has 4 aromatic carbocycles. The van der Waals surface area contributed by atoms with Crippen molar-refractivity contribution in [1.82, 2.24) is 5.32 Å². The van der Waals surface area contributed by atoms with Gasteiger partial charge < -0.3 is 9.47 Å². The number of ether oxygens (including phenoxy) is 2. The lowest BCUT2D eigenvalue weighted by Gasteiger charge is -2.27. The lowest BCUT2D eigenvalue weighted by molar-refractivity contribution is -0.122. The van der Waals surface area contributed by atoms with Crippen LogP contribution >= 0.6 is 11.6 Å². The Morgan fingerprint density at radius 1 is 0.950 bits per heavy atom. The second-order valence-corrected chi connectivity index (χ2v) is 9.45. The Kier molecular flexibility index (Phi) is 7.66. The molecule has 5 rings (SSSR count). The molecule has 8 heteroatoms. The third kappa shape index (κ3) is 5.19. The topological polar surface area (TPSA) is 84.9 Å². The minimum Gasteiger partial charge on any atom is -0.493 e. The second-order valence-electron chi connectivity index (χ2n) is 9.04. The fourth-order valence-corrected chi connectivity index (χ4v) is 4.85. The van der Waals surface area contributed by atoms with E-state index in [1.165, 1.54) is 19.3 Å². The number of allylic oxidation sites excluding steroid dienone is 1. The molecule has 0 bridgehead atoms. The molecule has 0 atom stereocenters. The Labute approximate surface area is 236 Å². The molecule has 0 radical (unpaired) electrons. The zero-order valence-electron chi connectivity index (χ0n) is 21.6. The van der Waals surface area contributed by atoms with Crippen LogP contribution in [0.1, 0.15) is 16.7 Å². The Bertz CT molecular complexity index is 1690. The first-order chi connectivity index (χ1) is 19.4. The number of halogens is 1. The molecule has 40 heavy (non-hydrogen) atoms. The van der Waals surface area contributed by atoms with E-state index in [0.717, 1.165) is 26.8 Å². The summed E-state index contributed by atoms with van der Waals surface area (Å²) in [6.07, 6.45) is 3.59. The molecule has 1 fully saturated rings. The number of hydrogen-bond donors (Lipinski definition) is 1. The number of methoxy groups -OCH3 is 1. The minimum absolute atomic E-state index is 0.173. The second kappa shape index (κ2) is 11.5. The Balaban J connectivity index is 1.51. The van der Waals surface area contributed by atoms with Gasteiger partial charge in [0.25, 0.3) is 11.8 Å². The van der Waals surface area contributed by atoms with Crippen molar-refractivity contribution in [3.63, 3.8) is 0 Å². The van der Waals surface area contributed by atoms with Crippen molar-refractivity contribution < 1.29 is 23.9 Å². The van der Waals surface area contributed by atoms with E-state index in [1.54, 1.807) is 36.4 Å². The maximum Gasteiger partial charge on any atom is 0.335 e. The van der Waals surface area contributed by atoms with Gasteiger partial charge in [0, 0.05) is 5.56 Å².